The maximum absolute atomic E-state index is 11.0. The number of β-amino-alcohol motifs (C(OH)–C–C–N with tert-alkyl or cyclic N) is 1. The van der Waals surface area contributed by atoms with Crippen LogP contribution in [0.2, 0.25) is 0 Å². The number of benzene rings is 1. The van der Waals surface area contributed by atoms with E-state index in [1.807, 2.05) is 0 Å². The Balaban J connectivity index is 1.80. The van der Waals surface area contributed by atoms with Gasteiger partial charge in [0.2, 0.25) is 0 Å². The van der Waals surface area contributed by atoms with Gasteiger partial charge in [0.15, 0.2) is 0 Å². The Labute approximate surface area is 122 Å². The second-order valence-corrected chi connectivity index (χ2v) is 7.24. The van der Waals surface area contributed by atoms with Crippen LogP contribution in [-0.4, -0.2) is 34.2 Å². The smallest absolute Gasteiger partial charge is 0.0829 e. The van der Waals surface area contributed by atoms with Crippen molar-refractivity contribution in [3.63, 3.8) is 0 Å². The fourth-order valence-electron chi connectivity index (χ4n) is 4.07. The fourth-order valence-corrected chi connectivity index (χ4v) is 4.07. The van der Waals surface area contributed by atoms with Gasteiger partial charge in [-0.2, -0.15) is 0 Å². The summed E-state index contributed by atoms with van der Waals surface area (Å²) in [5.74, 6) is 0. The standard InChI is InChI=1S/C18H27NO/c1-12-7-13(2)17(14(3)8-12)10-18(20)9-15(4)19(11-18)16-5-6-16/h7-8,15-16,20H,5-6,9-11H2,1-4H3. The maximum Gasteiger partial charge on any atom is 0.0829 e. The number of hydrogen-bond donors (Lipinski definition) is 1. The van der Waals surface area contributed by atoms with Crippen molar-refractivity contribution >= 4 is 0 Å². The highest BCUT2D eigenvalue weighted by atomic mass is 16.3. The average Bonchev–Trinajstić information content (AvgIpc) is 3.11. The molecule has 110 valence electrons. The van der Waals surface area contributed by atoms with Gasteiger partial charge in [-0.3, -0.25) is 4.90 Å². The minimum atomic E-state index is -0.535. The van der Waals surface area contributed by atoms with Crippen LogP contribution in [0.25, 0.3) is 0 Å². The molecule has 2 aliphatic rings. The molecule has 1 aliphatic carbocycles. The summed E-state index contributed by atoms with van der Waals surface area (Å²) >= 11 is 0. The zero-order valence-corrected chi connectivity index (χ0v) is 13.2. The SMILES string of the molecule is Cc1cc(C)c(CC2(O)CC(C)N(C3CC3)C2)c(C)c1. The van der Waals surface area contributed by atoms with Crippen molar-refractivity contribution in [3.8, 4) is 0 Å². The molecule has 0 spiro atoms. The van der Waals surface area contributed by atoms with Crippen LogP contribution in [-0.2, 0) is 6.42 Å². The zero-order chi connectivity index (χ0) is 14.5. The number of aliphatic hydroxyl groups is 1. The van der Waals surface area contributed by atoms with Crippen LogP contribution in [0.15, 0.2) is 12.1 Å². The Kier molecular flexibility index (Phi) is 3.42. The van der Waals surface area contributed by atoms with Gasteiger partial charge in [0.25, 0.3) is 0 Å². The van der Waals surface area contributed by atoms with Gasteiger partial charge < -0.3 is 5.11 Å². The average molecular weight is 273 g/mol. The van der Waals surface area contributed by atoms with E-state index in [9.17, 15) is 5.11 Å². The lowest BCUT2D eigenvalue weighted by atomic mass is 9.87. The van der Waals surface area contributed by atoms with Crippen molar-refractivity contribution < 1.29 is 5.11 Å². The summed E-state index contributed by atoms with van der Waals surface area (Å²) in [5.41, 5.74) is 4.78. The molecule has 1 aliphatic heterocycles. The van der Waals surface area contributed by atoms with Crippen molar-refractivity contribution in [2.45, 2.75) is 71.1 Å². The van der Waals surface area contributed by atoms with Crippen molar-refractivity contribution in [3.05, 3.63) is 34.4 Å². The molecule has 1 saturated carbocycles. The fraction of sp³-hybridized carbons (Fsp3) is 0.667. The van der Waals surface area contributed by atoms with Crippen LogP contribution in [0.4, 0.5) is 0 Å². The lowest BCUT2D eigenvalue weighted by Gasteiger charge is -2.25. The van der Waals surface area contributed by atoms with Crippen LogP contribution in [0.5, 0.6) is 0 Å². The molecule has 1 N–H and O–H groups in total. The lowest BCUT2D eigenvalue weighted by molar-refractivity contribution is 0.0484. The lowest BCUT2D eigenvalue weighted by Crippen LogP contribution is -2.37. The zero-order valence-electron chi connectivity index (χ0n) is 13.2. The van der Waals surface area contributed by atoms with E-state index in [-0.39, 0.29) is 0 Å². The third-order valence-corrected chi connectivity index (χ3v) is 5.08. The third kappa shape index (κ3) is 2.64. The van der Waals surface area contributed by atoms with Crippen LogP contribution >= 0.6 is 0 Å². The monoisotopic (exact) mass is 273 g/mol. The summed E-state index contributed by atoms with van der Waals surface area (Å²) in [6, 6.07) is 5.75. The Morgan fingerprint density at radius 3 is 2.35 bits per heavy atom. The van der Waals surface area contributed by atoms with Crippen molar-refractivity contribution in [2.75, 3.05) is 6.54 Å². The number of rotatable bonds is 3. The molecule has 3 rings (SSSR count). The van der Waals surface area contributed by atoms with Crippen molar-refractivity contribution in [2.24, 2.45) is 0 Å². The molecule has 2 heteroatoms. The summed E-state index contributed by atoms with van der Waals surface area (Å²) < 4.78 is 0. The highest BCUT2D eigenvalue weighted by Gasteiger charge is 2.46. The number of likely N-dealkylation sites (tertiary alicyclic amines) is 1. The van der Waals surface area contributed by atoms with E-state index in [1.54, 1.807) is 0 Å². The molecule has 2 nitrogen and oxygen atoms in total. The van der Waals surface area contributed by atoms with Gasteiger partial charge in [0.1, 0.15) is 0 Å². The second kappa shape index (κ2) is 4.85. The topological polar surface area (TPSA) is 23.5 Å². The summed E-state index contributed by atoms with van der Waals surface area (Å²) in [6.07, 6.45) is 4.36. The molecule has 20 heavy (non-hydrogen) atoms. The van der Waals surface area contributed by atoms with E-state index in [4.69, 9.17) is 0 Å². The van der Waals surface area contributed by atoms with E-state index in [0.29, 0.717) is 6.04 Å². The predicted molar refractivity (Wildman–Crippen MR) is 83.1 cm³/mol. The predicted octanol–water partition coefficient (Wildman–Crippen LogP) is 3.14. The molecule has 1 heterocycles. The molecular formula is C18H27NO. The largest absolute Gasteiger partial charge is 0.388 e. The van der Waals surface area contributed by atoms with Gasteiger partial charge >= 0.3 is 0 Å². The highest BCUT2D eigenvalue weighted by Crippen LogP contribution is 2.39. The van der Waals surface area contributed by atoms with Gasteiger partial charge in [-0.1, -0.05) is 17.7 Å². The molecule has 0 bridgehead atoms. The first-order chi connectivity index (χ1) is 9.38. The van der Waals surface area contributed by atoms with E-state index < -0.39 is 5.60 Å². The first kappa shape index (κ1) is 14.1. The molecule has 1 aromatic rings. The molecule has 2 atom stereocenters. The van der Waals surface area contributed by atoms with E-state index in [0.717, 1.165) is 25.4 Å². The maximum atomic E-state index is 11.0. The first-order valence-corrected chi connectivity index (χ1v) is 7.93. The summed E-state index contributed by atoms with van der Waals surface area (Å²) in [4.78, 5) is 2.53. The minimum absolute atomic E-state index is 0.526. The molecule has 0 radical (unpaired) electrons. The van der Waals surface area contributed by atoms with Crippen molar-refractivity contribution in [1.82, 2.24) is 4.90 Å². The Morgan fingerprint density at radius 1 is 1.20 bits per heavy atom. The second-order valence-electron chi connectivity index (χ2n) is 7.24. The van der Waals surface area contributed by atoms with Crippen LogP contribution in [0, 0.1) is 20.8 Å². The first-order valence-electron chi connectivity index (χ1n) is 7.93. The normalized spacial score (nSPS) is 30.9. The third-order valence-electron chi connectivity index (χ3n) is 5.08. The van der Waals surface area contributed by atoms with Crippen LogP contribution < -0.4 is 0 Å². The van der Waals surface area contributed by atoms with E-state index in [2.05, 4.69) is 44.7 Å². The van der Waals surface area contributed by atoms with E-state index >= 15 is 0 Å². The van der Waals surface area contributed by atoms with Crippen LogP contribution in [0.3, 0.4) is 0 Å². The van der Waals surface area contributed by atoms with Crippen molar-refractivity contribution in [1.29, 1.82) is 0 Å². The summed E-state index contributed by atoms with van der Waals surface area (Å²) in [7, 11) is 0. The molecule has 1 aromatic carbocycles. The molecule has 1 saturated heterocycles. The van der Waals surface area contributed by atoms with Gasteiger partial charge in [-0.15, -0.1) is 0 Å². The Bertz CT molecular complexity index is 497. The van der Waals surface area contributed by atoms with Gasteiger partial charge in [-0.25, -0.2) is 0 Å². The summed E-state index contributed by atoms with van der Waals surface area (Å²) in [5, 5.41) is 11.0. The molecule has 0 aromatic heterocycles. The van der Waals surface area contributed by atoms with Gasteiger partial charge in [0, 0.05) is 25.0 Å². The van der Waals surface area contributed by atoms with E-state index in [1.165, 1.54) is 35.1 Å². The van der Waals surface area contributed by atoms with Gasteiger partial charge in [-0.05, 0) is 63.6 Å². The summed E-state index contributed by atoms with van der Waals surface area (Å²) in [6.45, 7) is 9.62. The molecule has 2 unspecified atom stereocenters. The quantitative estimate of drug-likeness (QED) is 0.914. The highest BCUT2D eigenvalue weighted by molar-refractivity contribution is 5.38. The molecule has 0 amide bonds. The number of aryl methyl sites for hydroxylation is 3. The number of nitrogens with zero attached hydrogens (tertiary/aromatic N) is 1. The Morgan fingerprint density at radius 2 is 1.80 bits per heavy atom. The molecular weight excluding hydrogens is 246 g/mol. The van der Waals surface area contributed by atoms with Gasteiger partial charge in [0.05, 0.1) is 5.60 Å². The number of hydrogen-bond acceptors (Lipinski definition) is 2. The minimum Gasteiger partial charge on any atom is -0.388 e. The van der Waals surface area contributed by atoms with Crippen LogP contribution in [0.1, 0.15) is 48.4 Å². The molecule has 2 fully saturated rings. The Hall–Kier alpha value is -0.860.